The van der Waals surface area contributed by atoms with E-state index in [1.54, 1.807) is 0 Å². The van der Waals surface area contributed by atoms with Gasteiger partial charge in [-0.05, 0) is 116 Å². The van der Waals surface area contributed by atoms with Gasteiger partial charge in [0, 0.05) is 0 Å². The Bertz CT molecular complexity index is 587. The molecular formula is C28H50O2. The topological polar surface area (TPSA) is 29.5 Å². The van der Waals surface area contributed by atoms with Crippen LogP contribution in [0.15, 0.2) is 0 Å². The van der Waals surface area contributed by atoms with Crippen LogP contribution in [0.3, 0.4) is 0 Å². The second kappa shape index (κ2) is 8.69. The fraction of sp³-hybridized carbons (Fsp3) is 1.00. The summed E-state index contributed by atoms with van der Waals surface area (Å²) in [5, 5.41) is 9.24. The zero-order valence-corrected chi connectivity index (χ0v) is 20.8. The first kappa shape index (κ1) is 23.1. The Labute approximate surface area is 186 Å². The minimum absolute atomic E-state index is 0.0958. The van der Waals surface area contributed by atoms with E-state index in [1.807, 2.05) is 0 Å². The monoisotopic (exact) mass is 418 g/mol. The lowest BCUT2D eigenvalue weighted by Gasteiger charge is -2.61. The van der Waals surface area contributed by atoms with Gasteiger partial charge in [-0.25, -0.2) is 4.89 Å². The van der Waals surface area contributed by atoms with Crippen LogP contribution in [0.2, 0.25) is 0 Å². The van der Waals surface area contributed by atoms with E-state index in [2.05, 4.69) is 41.5 Å². The average Bonchev–Trinajstić information content (AvgIpc) is 3.08. The molecular weight excluding hydrogens is 368 g/mol. The predicted molar refractivity (Wildman–Crippen MR) is 125 cm³/mol. The SMILES string of the molecule is CC(C)[C@H](C)CC[C@@H](C)[C@H]1CC[C@H]2[C@@H]3CCC4C[C@@H](OO)CC[C@]4(C)[C@H]3CC[C@]12C. The number of hydrogen-bond donors (Lipinski definition) is 1. The molecule has 174 valence electrons. The van der Waals surface area contributed by atoms with Crippen molar-refractivity contribution in [2.24, 2.45) is 58.2 Å². The maximum atomic E-state index is 9.24. The van der Waals surface area contributed by atoms with Gasteiger partial charge in [-0.3, -0.25) is 5.26 Å². The van der Waals surface area contributed by atoms with Gasteiger partial charge in [0.25, 0.3) is 0 Å². The average molecular weight is 419 g/mol. The van der Waals surface area contributed by atoms with E-state index in [9.17, 15) is 5.26 Å². The standard InChI is InChI=1S/C28H50O2/c1-18(2)19(3)7-8-20(4)24-11-12-25-23-10-9-21-17-22(30-29)13-15-27(21,5)26(23)14-16-28(24,25)6/h18-26,29H,7-17H2,1-6H3/t19-,20-,21?,22+,23+,24-,25+,26+,27+,28-/m1/s1. The van der Waals surface area contributed by atoms with Crippen LogP contribution in [0.1, 0.15) is 112 Å². The molecule has 4 aliphatic rings. The van der Waals surface area contributed by atoms with Gasteiger partial charge in [0.15, 0.2) is 0 Å². The van der Waals surface area contributed by atoms with E-state index >= 15 is 0 Å². The van der Waals surface area contributed by atoms with Crippen molar-refractivity contribution in [2.75, 3.05) is 0 Å². The van der Waals surface area contributed by atoms with Gasteiger partial charge in [0.1, 0.15) is 0 Å². The summed E-state index contributed by atoms with van der Waals surface area (Å²) < 4.78 is 0. The van der Waals surface area contributed by atoms with E-state index in [1.165, 1.54) is 57.8 Å². The normalized spacial score (nSPS) is 48.0. The molecule has 0 bridgehead atoms. The number of hydrogen-bond acceptors (Lipinski definition) is 2. The maximum Gasteiger partial charge on any atom is 0.0930 e. The van der Waals surface area contributed by atoms with Gasteiger partial charge in [-0.1, -0.05) is 54.4 Å². The Morgan fingerprint density at radius 2 is 1.53 bits per heavy atom. The summed E-state index contributed by atoms with van der Waals surface area (Å²) in [6.45, 7) is 15.1. The van der Waals surface area contributed by atoms with Crippen molar-refractivity contribution >= 4 is 0 Å². The molecule has 0 spiro atoms. The number of rotatable bonds is 6. The molecule has 4 rings (SSSR count). The molecule has 0 heterocycles. The lowest BCUT2D eigenvalue weighted by atomic mass is 9.44. The van der Waals surface area contributed by atoms with Crippen LogP contribution in [-0.2, 0) is 4.89 Å². The van der Waals surface area contributed by atoms with Crippen LogP contribution < -0.4 is 0 Å². The van der Waals surface area contributed by atoms with Gasteiger partial charge in [-0.15, -0.1) is 0 Å². The van der Waals surface area contributed by atoms with Crippen molar-refractivity contribution in [3.05, 3.63) is 0 Å². The van der Waals surface area contributed by atoms with Gasteiger partial charge < -0.3 is 0 Å². The molecule has 4 aliphatic carbocycles. The number of fused-ring (bicyclic) bond motifs is 5. The van der Waals surface area contributed by atoms with E-state index in [4.69, 9.17) is 4.89 Å². The first-order chi connectivity index (χ1) is 14.2. The highest BCUT2D eigenvalue weighted by atomic mass is 17.1. The lowest BCUT2D eigenvalue weighted by molar-refractivity contribution is -0.296. The van der Waals surface area contributed by atoms with Crippen molar-refractivity contribution in [3.63, 3.8) is 0 Å². The summed E-state index contributed by atoms with van der Waals surface area (Å²) in [4.78, 5) is 4.80. The summed E-state index contributed by atoms with van der Waals surface area (Å²) in [6, 6.07) is 0. The van der Waals surface area contributed by atoms with Gasteiger partial charge in [0.2, 0.25) is 0 Å². The van der Waals surface area contributed by atoms with Crippen LogP contribution >= 0.6 is 0 Å². The Hall–Kier alpha value is -0.0800. The van der Waals surface area contributed by atoms with Crippen molar-refractivity contribution in [3.8, 4) is 0 Å². The van der Waals surface area contributed by atoms with Crippen LogP contribution in [-0.4, -0.2) is 11.4 Å². The summed E-state index contributed by atoms with van der Waals surface area (Å²) in [6.07, 6.45) is 15.1. The molecule has 1 unspecified atom stereocenters. The Morgan fingerprint density at radius 3 is 2.23 bits per heavy atom. The third kappa shape index (κ3) is 3.81. The van der Waals surface area contributed by atoms with E-state index in [-0.39, 0.29) is 6.10 Å². The third-order valence-electron chi connectivity index (χ3n) is 11.7. The molecule has 1 N–H and O–H groups in total. The smallest absolute Gasteiger partial charge is 0.0930 e. The molecule has 4 saturated carbocycles. The van der Waals surface area contributed by atoms with Gasteiger partial charge in [0.05, 0.1) is 6.10 Å². The lowest BCUT2D eigenvalue weighted by Crippen LogP contribution is -2.54. The summed E-state index contributed by atoms with van der Waals surface area (Å²) in [5.41, 5.74) is 1.09. The molecule has 4 fully saturated rings. The molecule has 0 aromatic carbocycles. The Morgan fingerprint density at radius 1 is 0.833 bits per heavy atom. The van der Waals surface area contributed by atoms with Crippen LogP contribution in [0, 0.1) is 58.2 Å². The van der Waals surface area contributed by atoms with Crippen LogP contribution in [0.4, 0.5) is 0 Å². The summed E-state index contributed by atoms with van der Waals surface area (Å²) >= 11 is 0. The highest BCUT2D eigenvalue weighted by Gasteiger charge is 2.60. The first-order valence-electron chi connectivity index (χ1n) is 13.5. The fourth-order valence-corrected chi connectivity index (χ4v) is 9.35. The summed E-state index contributed by atoms with van der Waals surface area (Å²) in [5.74, 6) is 7.14. The molecule has 0 aromatic rings. The maximum absolute atomic E-state index is 9.24. The molecule has 2 heteroatoms. The van der Waals surface area contributed by atoms with Crippen molar-refractivity contribution in [1.29, 1.82) is 0 Å². The minimum Gasteiger partial charge on any atom is -0.252 e. The molecule has 0 aliphatic heterocycles. The third-order valence-corrected chi connectivity index (χ3v) is 11.7. The van der Waals surface area contributed by atoms with Crippen molar-refractivity contribution in [1.82, 2.24) is 0 Å². The van der Waals surface area contributed by atoms with Crippen LogP contribution in [0.25, 0.3) is 0 Å². The second-order valence-corrected chi connectivity index (χ2v) is 13.2. The zero-order valence-electron chi connectivity index (χ0n) is 20.8. The Kier molecular flexibility index (Phi) is 6.69. The fourth-order valence-electron chi connectivity index (χ4n) is 9.35. The van der Waals surface area contributed by atoms with Crippen LogP contribution in [0.5, 0.6) is 0 Å². The molecule has 0 aromatic heterocycles. The molecule has 0 amide bonds. The van der Waals surface area contributed by atoms with Gasteiger partial charge >= 0.3 is 0 Å². The van der Waals surface area contributed by atoms with Crippen molar-refractivity contribution < 1.29 is 10.1 Å². The second-order valence-electron chi connectivity index (χ2n) is 13.2. The molecule has 10 atom stereocenters. The molecule has 0 radical (unpaired) electrons. The van der Waals surface area contributed by atoms with E-state index in [0.29, 0.717) is 10.8 Å². The first-order valence-corrected chi connectivity index (χ1v) is 13.5. The highest BCUT2D eigenvalue weighted by molar-refractivity contribution is 5.09. The van der Waals surface area contributed by atoms with E-state index in [0.717, 1.165) is 60.2 Å². The van der Waals surface area contributed by atoms with E-state index < -0.39 is 0 Å². The molecule has 2 nitrogen and oxygen atoms in total. The van der Waals surface area contributed by atoms with Gasteiger partial charge in [-0.2, -0.15) is 0 Å². The predicted octanol–water partition coefficient (Wildman–Crippen LogP) is 8.21. The summed E-state index contributed by atoms with van der Waals surface area (Å²) in [7, 11) is 0. The largest absolute Gasteiger partial charge is 0.252 e. The quantitative estimate of drug-likeness (QED) is 0.348. The molecule has 0 saturated heterocycles. The Balaban J connectivity index is 1.45. The molecule has 30 heavy (non-hydrogen) atoms. The zero-order chi connectivity index (χ0) is 21.7. The van der Waals surface area contributed by atoms with Crippen molar-refractivity contribution in [2.45, 2.75) is 118 Å². The minimum atomic E-state index is 0.0958. The highest BCUT2D eigenvalue weighted by Crippen LogP contribution is 2.68.